The molecule has 0 aliphatic heterocycles. The first-order chi connectivity index (χ1) is 14.0. The van der Waals surface area contributed by atoms with Crippen LogP contribution >= 0.6 is 0 Å². The Morgan fingerprint density at radius 2 is 1.45 bits per heavy atom. The first-order valence-corrected chi connectivity index (χ1v) is 9.54. The van der Waals surface area contributed by atoms with Gasteiger partial charge in [0.1, 0.15) is 0 Å². The van der Waals surface area contributed by atoms with Crippen LogP contribution in [0.3, 0.4) is 0 Å². The number of rotatable bonds is 9. The number of hydrogen-bond donors (Lipinski definition) is 2. The van der Waals surface area contributed by atoms with Gasteiger partial charge in [0.15, 0.2) is 6.61 Å². The summed E-state index contributed by atoms with van der Waals surface area (Å²) >= 11 is 0. The lowest BCUT2D eigenvalue weighted by Crippen LogP contribution is -2.45. The van der Waals surface area contributed by atoms with E-state index in [2.05, 4.69) is 10.6 Å². The van der Waals surface area contributed by atoms with E-state index in [1.54, 1.807) is 55.5 Å². The van der Waals surface area contributed by atoms with Crippen molar-refractivity contribution in [2.24, 2.45) is 0 Å². The molecule has 2 rings (SSSR count). The lowest BCUT2D eigenvalue weighted by Gasteiger charge is -2.32. The Labute approximate surface area is 170 Å². The average molecular weight is 398 g/mol. The molecule has 2 aromatic carbocycles. The molecular weight excluding hydrogens is 372 g/mol. The Morgan fingerprint density at radius 1 is 0.897 bits per heavy atom. The third-order valence-corrected chi connectivity index (χ3v) is 4.13. The van der Waals surface area contributed by atoms with Crippen molar-refractivity contribution in [3.8, 4) is 0 Å². The Balaban J connectivity index is 2.24. The van der Waals surface area contributed by atoms with E-state index in [4.69, 9.17) is 9.47 Å². The van der Waals surface area contributed by atoms with E-state index >= 15 is 0 Å². The van der Waals surface area contributed by atoms with Crippen molar-refractivity contribution in [1.82, 2.24) is 10.6 Å². The number of amides is 3. The number of urea groups is 1. The molecule has 3 amide bonds. The van der Waals surface area contributed by atoms with E-state index in [1.807, 2.05) is 19.1 Å². The van der Waals surface area contributed by atoms with Gasteiger partial charge in [-0.25, -0.2) is 9.59 Å². The maximum atomic E-state index is 13.2. The van der Waals surface area contributed by atoms with E-state index in [1.165, 1.54) is 0 Å². The first kappa shape index (κ1) is 22.1. The number of carbonyl (C=O) groups is 3. The zero-order valence-electron chi connectivity index (χ0n) is 16.6. The van der Waals surface area contributed by atoms with E-state index < -0.39 is 30.1 Å². The molecule has 2 N–H and O–H groups in total. The summed E-state index contributed by atoms with van der Waals surface area (Å²) in [5, 5.41) is 4.64. The van der Waals surface area contributed by atoms with Gasteiger partial charge < -0.3 is 14.8 Å². The fraction of sp³-hybridized carbons (Fsp3) is 0.318. The van der Waals surface area contributed by atoms with Gasteiger partial charge in [-0.15, -0.1) is 0 Å². The van der Waals surface area contributed by atoms with E-state index in [-0.39, 0.29) is 6.61 Å². The van der Waals surface area contributed by atoms with Crippen LogP contribution in [0, 0.1) is 0 Å². The Morgan fingerprint density at radius 3 is 1.93 bits per heavy atom. The van der Waals surface area contributed by atoms with Gasteiger partial charge in [0.25, 0.3) is 5.91 Å². The maximum absolute atomic E-state index is 13.2. The average Bonchev–Trinajstić information content (AvgIpc) is 2.75. The van der Waals surface area contributed by atoms with Crippen LogP contribution in [0.2, 0.25) is 0 Å². The van der Waals surface area contributed by atoms with Crippen molar-refractivity contribution in [1.29, 1.82) is 0 Å². The van der Waals surface area contributed by atoms with Gasteiger partial charge in [-0.1, -0.05) is 67.6 Å². The molecule has 0 saturated carbocycles. The van der Waals surface area contributed by atoms with Crippen molar-refractivity contribution in [3.05, 3.63) is 71.8 Å². The Kier molecular flexibility index (Phi) is 8.36. The predicted octanol–water partition coefficient (Wildman–Crippen LogP) is 2.75. The molecule has 0 aliphatic rings. The fourth-order valence-corrected chi connectivity index (χ4v) is 2.87. The monoisotopic (exact) mass is 398 g/mol. The summed E-state index contributed by atoms with van der Waals surface area (Å²) in [6, 6.07) is 17.3. The van der Waals surface area contributed by atoms with Crippen molar-refractivity contribution in [2.75, 3.05) is 19.8 Å². The van der Waals surface area contributed by atoms with Crippen LogP contribution in [0.25, 0.3) is 0 Å². The zero-order chi connectivity index (χ0) is 21.1. The van der Waals surface area contributed by atoms with E-state index in [0.29, 0.717) is 17.7 Å². The summed E-state index contributed by atoms with van der Waals surface area (Å²) < 4.78 is 11.2. The summed E-state index contributed by atoms with van der Waals surface area (Å²) in [6.45, 7) is 3.74. The molecule has 0 bridgehead atoms. The minimum absolute atomic E-state index is 0.241. The van der Waals surface area contributed by atoms with Crippen LogP contribution in [0.5, 0.6) is 0 Å². The van der Waals surface area contributed by atoms with Crippen LogP contribution in [0.4, 0.5) is 4.79 Å². The number of ether oxygens (including phenoxy) is 2. The second-order valence-corrected chi connectivity index (χ2v) is 6.23. The van der Waals surface area contributed by atoms with E-state index in [0.717, 1.165) is 6.42 Å². The topological polar surface area (TPSA) is 93.7 Å². The Bertz CT molecular complexity index is 769. The highest BCUT2D eigenvalue weighted by molar-refractivity contribution is 5.96. The third-order valence-electron chi connectivity index (χ3n) is 4.13. The third kappa shape index (κ3) is 5.65. The highest BCUT2D eigenvalue weighted by Crippen LogP contribution is 2.35. The van der Waals surface area contributed by atoms with Gasteiger partial charge in [0, 0.05) is 13.2 Å². The van der Waals surface area contributed by atoms with Crippen LogP contribution in [-0.4, -0.2) is 37.7 Å². The molecule has 0 spiro atoms. The number of hydrogen-bond acceptors (Lipinski definition) is 5. The molecule has 0 fully saturated rings. The number of nitrogens with one attached hydrogen (secondary N) is 2. The highest BCUT2D eigenvalue weighted by Gasteiger charge is 2.45. The van der Waals surface area contributed by atoms with Crippen LogP contribution in [0.15, 0.2) is 60.7 Å². The normalized spacial score (nSPS) is 10.8. The molecule has 0 heterocycles. The number of carbonyl (C=O) groups excluding carboxylic acids is 3. The van der Waals surface area contributed by atoms with Crippen molar-refractivity contribution in [3.63, 3.8) is 0 Å². The molecule has 0 aliphatic carbocycles. The van der Waals surface area contributed by atoms with Crippen LogP contribution < -0.4 is 10.6 Å². The molecule has 2 aromatic rings. The minimum Gasteiger partial charge on any atom is -0.453 e. The molecule has 0 radical (unpaired) electrons. The number of esters is 1. The Hall–Kier alpha value is -3.19. The summed E-state index contributed by atoms with van der Waals surface area (Å²) in [4.78, 5) is 36.8. The highest BCUT2D eigenvalue weighted by atomic mass is 16.6. The standard InChI is InChI=1S/C22H26N2O5/c1-3-15-23-21(27)24-19(25)16-28-20(26)22(29-4-2,17-11-7-5-8-12-17)18-13-9-6-10-14-18/h5-14H,3-4,15-16H2,1-2H3,(H2,23,24,25,27). The second kappa shape index (κ2) is 11.0. The number of imide groups is 1. The predicted molar refractivity (Wildman–Crippen MR) is 108 cm³/mol. The number of benzene rings is 2. The zero-order valence-corrected chi connectivity index (χ0v) is 16.6. The largest absolute Gasteiger partial charge is 0.453 e. The summed E-state index contributed by atoms with van der Waals surface area (Å²) in [5.74, 6) is -1.46. The van der Waals surface area contributed by atoms with Gasteiger partial charge in [-0.3, -0.25) is 10.1 Å². The molecule has 0 aromatic heterocycles. The lowest BCUT2D eigenvalue weighted by molar-refractivity contribution is -0.170. The summed E-state index contributed by atoms with van der Waals surface area (Å²) in [6.07, 6.45) is 0.738. The second-order valence-electron chi connectivity index (χ2n) is 6.23. The quantitative estimate of drug-likeness (QED) is 0.634. The molecular formula is C22H26N2O5. The van der Waals surface area contributed by atoms with Crippen molar-refractivity contribution in [2.45, 2.75) is 25.9 Å². The van der Waals surface area contributed by atoms with E-state index in [9.17, 15) is 14.4 Å². The van der Waals surface area contributed by atoms with Gasteiger partial charge in [-0.05, 0) is 24.5 Å². The van der Waals surface area contributed by atoms with Crippen LogP contribution in [0.1, 0.15) is 31.4 Å². The SMILES string of the molecule is CCCNC(=O)NC(=O)COC(=O)C(OCC)(c1ccccc1)c1ccccc1. The molecule has 0 atom stereocenters. The molecule has 0 unspecified atom stereocenters. The van der Waals surface area contributed by atoms with Gasteiger partial charge in [0.2, 0.25) is 5.60 Å². The first-order valence-electron chi connectivity index (χ1n) is 9.54. The van der Waals surface area contributed by atoms with Gasteiger partial charge >= 0.3 is 12.0 Å². The van der Waals surface area contributed by atoms with Crippen LogP contribution in [-0.2, 0) is 24.7 Å². The van der Waals surface area contributed by atoms with Crippen molar-refractivity contribution >= 4 is 17.9 Å². The molecule has 0 saturated heterocycles. The van der Waals surface area contributed by atoms with Crippen molar-refractivity contribution < 1.29 is 23.9 Å². The molecule has 154 valence electrons. The summed E-state index contributed by atoms with van der Waals surface area (Å²) in [5.41, 5.74) is -0.361. The minimum atomic E-state index is -1.53. The molecule has 7 nitrogen and oxygen atoms in total. The smallest absolute Gasteiger partial charge is 0.348 e. The lowest BCUT2D eigenvalue weighted by atomic mass is 9.86. The van der Waals surface area contributed by atoms with Gasteiger partial charge in [-0.2, -0.15) is 0 Å². The molecule has 29 heavy (non-hydrogen) atoms. The van der Waals surface area contributed by atoms with Gasteiger partial charge in [0.05, 0.1) is 0 Å². The molecule has 7 heteroatoms. The summed E-state index contributed by atoms with van der Waals surface area (Å²) in [7, 11) is 0. The maximum Gasteiger partial charge on any atom is 0.348 e. The fourth-order valence-electron chi connectivity index (χ4n) is 2.87.